The van der Waals surface area contributed by atoms with E-state index in [9.17, 15) is 9.90 Å². The lowest BCUT2D eigenvalue weighted by Crippen LogP contribution is -2.45. The Kier molecular flexibility index (Phi) is 4.91. The van der Waals surface area contributed by atoms with Crippen LogP contribution in [-0.4, -0.2) is 35.0 Å². The lowest BCUT2D eigenvalue weighted by Gasteiger charge is -2.37. The van der Waals surface area contributed by atoms with Gasteiger partial charge >= 0.3 is 0 Å². The van der Waals surface area contributed by atoms with Gasteiger partial charge in [0.25, 0.3) is 5.91 Å². The van der Waals surface area contributed by atoms with Crippen LogP contribution in [0.3, 0.4) is 0 Å². The number of phenols is 1. The summed E-state index contributed by atoms with van der Waals surface area (Å²) in [6.07, 6.45) is 2.73. The molecule has 5 rings (SSSR count). The van der Waals surface area contributed by atoms with Crippen LogP contribution in [-0.2, 0) is 13.0 Å². The molecule has 0 atom stereocenters. The first-order valence-electron chi connectivity index (χ1n) is 10.7. The van der Waals surface area contributed by atoms with E-state index >= 15 is 0 Å². The molecule has 0 unspecified atom stereocenters. The predicted molar refractivity (Wildman–Crippen MR) is 119 cm³/mol. The summed E-state index contributed by atoms with van der Waals surface area (Å²) in [7, 11) is 0. The molecule has 1 N–H and O–H groups in total. The molecule has 3 aromatic rings. The van der Waals surface area contributed by atoms with E-state index < -0.39 is 0 Å². The highest BCUT2D eigenvalue weighted by Crippen LogP contribution is 2.30. The van der Waals surface area contributed by atoms with Crippen molar-refractivity contribution in [2.45, 2.75) is 31.8 Å². The van der Waals surface area contributed by atoms with Crippen LogP contribution < -0.4 is 4.90 Å². The van der Waals surface area contributed by atoms with Crippen LogP contribution in [0.25, 0.3) is 0 Å². The Morgan fingerprint density at radius 3 is 2.30 bits per heavy atom. The Balaban J connectivity index is 1.20. The fourth-order valence-corrected chi connectivity index (χ4v) is 4.71. The maximum absolute atomic E-state index is 12.8. The fourth-order valence-electron chi connectivity index (χ4n) is 4.71. The summed E-state index contributed by atoms with van der Waals surface area (Å²) in [5, 5.41) is 9.98. The molecule has 1 fully saturated rings. The third kappa shape index (κ3) is 3.54. The lowest BCUT2D eigenvalue weighted by atomic mass is 10.0. The normalized spacial score (nSPS) is 16.7. The van der Waals surface area contributed by atoms with Gasteiger partial charge in [-0.15, -0.1) is 0 Å². The second-order valence-electron chi connectivity index (χ2n) is 8.28. The van der Waals surface area contributed by atoms with E-state index in [4.69, 9.17) is 0 Å². The smallest absolute Gasteiger partial charge is 0.254 e. The molecule has 0 radical (unpaired) electrons. The molecule has 1 amide bonds. The fraction of sp³-hybridized carbons (Fsp3) is 0.269. The SMILES string of the molecule is O=C1c2ccccc2CN1C1CCN(c2ccc(Cc3ccccc3O)cc2)CC1. The van der Waals surface area contributed by atoms with Crippen molar-refractivity contribution in [2.24, 2.45) is 0 Å². The maximum Gasteiger partial charge on any atom is 0.254 e. The molecular weight excluding hydrogens is 372 g/mol. The van der Waals surface area contributed by atoms with Crippen molar-refractivity contribution < 1.29 is 9.90 Å². The molecule has 0 aromatic heterocycles. The molecule has 2 heterocycles. The first-order chi connectivity index (χ1) is 14.7. The number of carbonyl (C=O) groups is 1. The van der Waals surface area contributed by atoms with Crippen molar-refractivity contribution in [2.75, 3.05) is 18.0 Å². The molecule has 0 bridgehead atoms. The number of fused-ring (bicyclic) bond motifs is 1. The third-order valence-electron chi connectivity index (χ3n) is 6.44. The first kappa shape index (κ1) is 18.7. The highest BCUT2D eigenvalue weighted by atomic mass is 16.3. The van der Waals surface area contributed by atoms with Gasteiger partial charge < -0.3 is 14.9 Å². The van der Waals surface area contributed by atoms with Crippen LogP contribution in [0.15, 0.2) is 72.8 Å². The van der Waals surface area contributed by atoms with Crippen molar-refractivity contribution in [3.63, 3.8) is 0 Å². The molecule has 0 saturated carbocycles. The highest BCUT2D eigenvalue weighted by Gasteiger charge is 2.34. The Bertz CT molecular complexity index is 1050. The van der Waals surface area contributed by atoms with Gasteiger partial charge in [0, 0.05) is 43.3 Å². The molecule has 3 aromatic carbocycles. The summed E-state index contributed by atoms with van der Waals surface area (Å²) in [6.45, 7) is 2.67. The van der Waals surface area contributed by atoms with Crippen molar-refractivity contribution in [3.8, 4) is 5.75 Å². The number of piperidine rings is 1. The second kappa shape index (κ2) is 7.86. The molecule has 4 nitrogen and oxygen atoms in total. The summed E-state index contributed by atoms with van der Waals surface area (Å²) < 4.78 is 0. The van der Waals surface area contributed by atoms with Crippen molar-refractivity contribution in [3.05, 3.63) is 95.1 Å². The van der Waals surface area contributed by atoms with Crippen LogP contribution in [0.4, 0.5) is 5.69 Å². The molecule has 0 spiro atoms. The number of hydrogen-bond donors (Lipinski definition) is 1. The zero-order valence-electron chi connectivity index (χ0n) is 17.0. The van der Waals surface area contributed by atoms with Gasteiger partial charge in [-0.05, 0) is 53.8 Å². The number of hydrogen-bond acceptors (Lipinski definition) is 3. The second-order valence-corrected chi connectivity index (χ2v) is 8.28. The number of benzene rings is 3. The summed E-state index contributed by atoms with van der Waals surface area (Å²) in [5.41, 5.74) is 5.40. The van der Waals surface area contributed by atoms with E-state index in [0.717, 1.165) is 55.6 Å². The third-order valence-corrected chi connectivity index (χ3v) is 6.44. The van der Waals surface area contributed by atoms with Gasteiger partial charge in [-0.1, -0.05) is 48.5 Å². The van der Waals surface area contributed by atoms with Gasteiger partial charge in [-0.3, -0.25) is 4.79 Å². The molecule has 2 aliphatic heterocycles. The van der Waals surface area contributed by atoms with Crippen LogP contribution in [0.1, 0.15) is 39.9 Å². The summed E-state index contributed by atoms with van der Waals surface area (Å²) in [4.78, 5) is 17.2. The standard InChI is InChI=1S/C26H26N2O2/c29-25-8-4-2-5-20(25)17-19-9-11-22(12-10-19)27-15-13-23(14-16-27)28-18-21-6-1-3-7-24(21)26(28)30/h1-12,23,29H,13-18H2. The quantitative estimate of drug-likeness (QED) is 0.698. The van der Waals surface area contributed by atoms with Crippen molar-refractivity contribution in [1.82, 2.24) is 4.90 Å². The number of phenolic OH excluding ortho intramolecular Hbond substituents is 1. The Morgan fingerprint density at radius 1 is 0.867 bits per heavy atom. The average Bonchev–Trinajstić information content (AvgIpc) is 3.13. The first-order valence-corrected chi connectivity index (χ1v) is 10.7. The van der Waals surface area contributed by atoms with E-state index in [0.29, 0.717) is 11.8 Å². The van der Waals surface area contributed by atoms with E-state index in [-0.39, 0.29) is 5.91 Å². The molecule has 152 valence electrons. The molecule has 2 aliphatic rings. The highest BCUT2D eigenvalue weighted by molar-refractivity contribution is 5.98. The van der Waals surface area contributed by atoms with E-state index in [1.807, 2.05) is 36.4 Å². The van der Waals surface area contributed by atoms with Crippen LogP contribution in [0.5, 0.6) is 5.75 Å². The van der Waals surface area contributed by atoms with E-state index in [1.54, 1.807) is 6.07 Å². The van der Waals surface area contributed by atoms with Crippen LogP contribution >= 0.6 is 0 Å². The number of para-hydroxylation sites is 1. The molecule has 30 heavy (non-hydrogen) atoms. The predicted octanol–water partition coefficient (Wildman–Crippen LogP) is 4.61. The molecule has 0 aliphatic carbocycles. The molecular formula is C26H26N2O2. The number of anilines is 1. The molecule has 1 saturated heterocycles. The van der Waals surface area contributed by atoms with Crippen LogP contribution in [0, 0.1) is 0 Å². The van der Waals surface area contributed by atoms with Crippen molar-refractivity contribution in [1.29, 1.82) is 0 Å². The monoisotopic (exact) mass is 398 g/mol. The van der Waals surface area contributed by atoms with Crippen LogP contribution in [0.2, 0.25) is 0 Å². The van der Waals surface area contributed by atoms with E-state index in [1.165, 1.54) is 11.3 Å². The van der Waals surface area contributed by atoms with Gasteiger partial charge in [-0.25, -0.2) is 0 Å². The minimum absolute atomic E-state index is 0.192. The van der Waals surface area contributed by atoms with Gasteiger partial charge in [0.15, 0.2) is 0 Å². The van der Waals surface area contributed by atoms with Gasteiger partial charge in [0.1, 0.15) is 5.75 Å². The number of amides is 1. The molecule has 4 heteroatoms. The maximum atomic E-state index is 12.8. The van der Waals surface area contributed by atoms with Gasteiger partial charge in [0.2, 0.25) is 0 Å². The van der Waals surface area contributed by atoms with Crippen molar-refractivity contribution >= 4 is 11.6 Å². The zero-order chi connectivity index (χ0) is 20.5. The topological polar surface area (TPSA) is 43.8 Å². The van der Waals surface area contributed by atoms with Gasteiger partial charge in [-0.2, -0.15) is 0 Å². The minimum Gasteiger partial charge on any atom is -0.508 e. The number of rotatable bonds is 4. The lowest BCUT2D eigenvalue weighted by molar-refractivity contribution is 0.0675. The summed E-state index contributed by atoms with van der Waals surface area (Å²) in [5.74, 6) is 0.542. The summed E-state index contributed by atoms with van der Waals surface area (Å²) >= 11 is 0. The largest absolute Gasteiger partial charge is 0.508 e. The zero-order valence-corrected chi connectivity index (χ0v) is 17.0. The Hall–Kier alpha value is -3.27. The number of nitrogens with zero attached hydrogens (tertiary/aromatic N) is 2. The summed E-state index contributed by atoms with van der Waals surface area (Å²) in [6, 6.07) is 24.4. The Morgan fingerprint density at radius 2 is 1.57 bits per heavy atom. The minimum atomic E-state index is 0.192. The van der Waals surface area contributed by atoms with E-state index in [2.05, 4.69) is 40.1 Å². The number of carbonyl (C=O) groups excluding carboxylic acids is 1. The number of aromatic hydroxyl groups is 1. The Labute approximate surface area is 177 Å². The van der Waals surface area contributed by atoms with Gasteiger partial charge in [0.05, 0.1) is 0 Å². The average molecular weight is 399 g/mol.